The third-order valence-electron chi connectivity index (χ3n) is 8.96. The highest BCUT2D eigenvalue weighted by Gasteiger charge is 2.48. The van der Waals surface area contributed by atoms with Gasteiger partial charge in [-0.25, -0.2) is 4.79 Å². The molecule has 2 fully saturated rings. The largest absolute Gasteiger partial charge is 0.460 e. The normalized spacial score (nSPS) is 26.2. The minimum Gasteiger partial charge on any atom is -0.460 e. The second kappa shape index (κ2) is 17.2. The van der Waals surface area contributed by atoms with Gasteiger partial charge in [0.15, 0.2) is 6.29 Å². The molecular weight excluding hydrogens is 656 g/mol. The number of rotatable bonds is 14. The first-order chi connectivity index (χ1) is 24.7. The van der Waals surface area contributed by atoms with Crippen LogP contribution in [0.3, 0.4) is 0 Å². The molecule has 0 bridgehead atoms. The molecule has 51 heavy (non-hydrogen) atoms. The van der Waals surface area contributed by atoms with Crippen LogP contribution in [0.4, 0.5) is 0 Å². The van der Waals surface area contributed by atoms with Crippen LogP contribution in [0.5, 0.6) is 0 Å². The molecule has 8 atom stereocenters. The van der Waals surface area contributed by atoms with Gasteiger partial charge in [-0.2, -0.15) is 0 Å². The SMILES string of the molecule is CC(=O)O[C@H]1C[C@H](n2cc(C)c(=O)[nH]c2=O)O[C@@H]1CO[C@H]1O[C@@H](C)[C@H](OCc2ccccc2)[C@@H](OCc2ccccc2)[C@H]1OCc1ccccc1. The highest BCUT2D eigenvalue weighted by Crippen LogP contribution is 2.34. The molecule has 270 valence electrons. The number of nitrogens with zero attached hydrogens (tertiary/aromatic N) is 1. The van der Waals surface area contributed by atoms with Gasteiger partial charge in [-0.3, -0.25) is 19.1 Å². The standard InChI is InChI=1S/C39H44N2O10/c1-25-20-41(39(44)40-37(25)43)33-19-31(50-27(3)42)32(51-33)24-48-38-36(47-23-30-17-11-6-12-18-30)35(46-22-29-15-9-5-10-16-29)34(26(2)49-38)45-21-28-13-7-4-8-14-28/h4-18,20,26,31-36,38H,19,21-24H2,1-3H3,(H,40,43,44)/t26-,31-,32+,33+,34-,35+,36+,38-/m0/s1. The topological polar surface area (TPSA) is 137 Å². The molecule has 0 aliphatic carbocycles. The maximum atomic E-state index is 12.7. The molecule has 0 spiro atoms. The lowest BCUT2D eigenvalue weighted by molar-refractivity contribution is -0.324. The fourth-order valence-corrected chi connectivity index (χ4v) is 6.35. The summed E-state index contributed by atoms with van der Waals surface area (Å²) in [5.41, 5.74) is 2.18. The average molecular weight is 701 g/mol. The predicted octanol–water partition coefficient (Wildman–Crippen LogP) is 4.58. The van der Waals surface area contributed by atoms with Gasteiger partial charge in [-0.1, -0.05) is 91.0 Å². The van der Waals surface area contributed by atoms with Crippen molar-refractivity contribution in [2.75, 3.05) is 6.61 Å². The Morgan fingerprint density at radius 1 is 0.765 bits per heavy atom. The molecule has 12 nitrogen and oxygen atoms in total. The second-order valence-electron chi connectivity index (χ2n) is 12.8. The molecule has 12 heteroatoms. The Hall–Kier alpha value is -4.43. The minimum atomic E-state index is -0.931. The summed E-state index contributed by atoms with van der Waals surface area (Å²) in [5, 5.41) is 0. The monoisotopic (exact) mass is 700 g/mol. The lowest BCUT2D eigenvalue weighted by Crippen LogP contribution is -2.60. The van der Waals surface area contributed by atoms with E-state index in [0.29, 0.717) is 18.8 Å². The number of carbonyl (C=O) groups excluding carboxylic acids is 1. The molecule has 1 N–H and O–H groups in total. The zero-order valence-corrected chi connectivity index (χ0v) is 28.9. The number of hydrogen-bond donors (Lipinski definition) is 1. The number of aromatic nitrogens is 2. The van der Waals surface area contributed by atoms with Crippen LogP contribution in [0.1, 0.15) is 48.8 Å². The molecule has 6 rings (SSSR count). The van der Waals surface area contributed by atoms with E-state index in [2.05, 4.69) is 4.98 Å². The van der Waals surface area contributed by atoms with Crippen LogP contribution in [-0.4, -0.2) is 65.0 Å². The summed E-state index contributed by atoms with van der Waals surface area (Å²) in [6.45, 7) is 5.65. The third kappa shape index (κ3) is 9.47. The highest BCUT2D eigenvalue weighted by molar-refractivity contribution is 5.66. The second-order valence-corrected chi connectivity index (χ2v) is 12.8. The van der Waals surface area contributed by atoms with E-state index in [0.717, 1.165) is 16.7 Å². The number of aryl methyl sites for hydroxylation is 1. The Balaban J connectivity index is 1.25. The lowest BCUT2D eigenvalue weighted by Gasteiger charge is -2.45. The summed E-state index contributed by atoms with van der Waals surface area (Å²) in [7, 11) is 0. The first kappa shape index (κ1) is 36.4. The smallest absolute Gasteiger partial charge is 0.330 e. The van der Waals surface area contributed by atoms with Gasteiger partial charge >= 0.3 is 11.7 Å². The number of nitrogens with one attached hydrogen (secondary N) is 1. The zero-order valence-electron chi connectivity index (χ0n) is 28.9. The summed E-state index contributed by atoms with van der Waals surface area (Å²) in [6, 6.07) is 29.5. The maximum Gasteiger partial charge on any atom is 0.330 e. The number of ether oxygens (including phenoxy) is 7. The number of benzene rings is 3. The van der Waals surface area contributed by atoms with Crippen molar-refractivity contribution in [3.63, 3.8) is 0 Å². The van der Waals surface area contributed by atoms with Crippen LogP contribution in [0, 0.1) is 6.92 Å². The van der Waals surface area contributed by atoms with Gasteiger partial charge in [-0.05, 0) is 30.5 Å². The van der Waals surface area contributed by atoms with Gasteiger partial charge in [0.2, 0.25) is 0 Å². The van der Waals surface area contributed by atoms with E-state index in [-0.39, 0.29) is 19.6 Å². The Morgan fingerprint density at radius 3 is 1.84 bits per heavy atom. The van der Waals surface area contributed by atoms with Crippen LogP contribution >= 0.6 is 0 Å². The van der Waals surface area contributed by atoms with Crippen LogP contribution in [0.15, 0.2) is 107 Å². The van der Waals surface area contributed by atoms with E-state index in [9.17, 15) is 14.4 Å². The molecular formula is C39H44N2O10. The molecule has 1 aromatic heterocycles. The lowest BCUT2D eigenvalue weighted by atomic mass is 9.98. The molecule has 4 aromatic rings. The molecule has 0 radical (unpaired) electrons. The van der Waals surface area contributed by atoms with Gasteiger partial charge < -0.3 is 33.2 Å². The van der Waals surface area contributed by atoms with E-state index in [1.54, 1.807) is 6.92 Å². The van der Waals surface area contributed by atoms with Crippen molar-refractivity contribution in [1.82, 2.24) is 9.55 Å². The van der Waals surface area contributed by atoms with Crippen LogP contribution in [-0.2, 0) is 57.8 Å². The fraction of sp³-hybridized carbons (Fsp3) is 0.410. The van der Waals surface area contributed by atoms with Crippen LogP contribution in [0.25, 0.3) is 0 Å². The summed E-state index contributed by atoms with van der Waals surface area (Å²) in [4.78, 5) is 39.1. The Kier molecular flexibility index (Phi) is 12.3. The zero-order chi connectivity index (χ0) is 35.7. The summed E-state index contributed by atoms with van der Waals surface area (Å²) in [6.07, 6.45) is -3.98. The number of esters is 1. The molecule has 2 saturated heterocycles. The first-order valence-electron chi connectivity index (χ1n) is 17.1. The molecule has 3 aromatic carbocycles. The molecule has 0 unspecified atom stereocenters. The molecule has 2 aliphatic rings. The van der Waals surface area contributed by atoms with Crippen molar-refractivity contribution in [3.05, 3.63) is 140 Å². The Morgan fingerprint density at radius 2 is 1.29 bits per heavy atom. The van der Waals surface area contributed by atoms with Crippen molar-refractivity contribution in [1.29, 1.82) is 0 Å². The average Bonchev–Trinajstić information content (AvgIpc) is 3.52. The number of hydrogen-bond acceptors (Lipinski definition) is 10. The number of aromatic amines is 1. The quantitative estimate of drug-likeness (QED) is 0.186. The van der Waals surface area contributed by atoms with Crippen molar-refractivity contribution in [2.24, 2.45) is 0 Å². The first-order valence-corrected chi connectivity index (χ1v) is 17.1. The van der Waals surface area contributed by atoms with Crippen LogP contribution in [0.2, 0.25) is 0 Å². The van der Waals surface area contributed by atoms with Crippen LogP contribution < -0.4 is 11.2 Å². The summed E-state index contributed by atoms with van der Waals surface area (Å²) < 4.78 is 45.9. The van der Waals surface area contributed by atoms with Gasteiger partial charge in [0.1, 0.15) is 36.7 Å². The van der Waals surface area contributed by atoms with E-state index >= 15 is 0 Å². The minimum absolute atomic E-state index is 0.0605. The van der Waals surface area contributed by atoms with E-state index < -0.39 is 66.4 Å². The van der Waals surface area contributed by atoms with Gasteiger partial charge in [-0.15, -0.1) is 0 Å². The Bertz CT molecular complexity index is 1820. The molecule has 0 amide bonds. The summed E-state index contributed by atoms with van der Waals surface area (Å²) >= 11 is 0. The summed E-state index contributed by atoms with van der Waals surface area (Å²) in [5.74, 6) is -0.501. The van der Waals surface area contributed by atoms with Crippen molar-refractivity contribution in [3.8, 4) is 0 Å². The van der Waals surface area contributed by atoms with Gasteiger partial charge in [0.05, 0.1) is 32.5 Å². The van der Waals surface area contributed by atoms with Gasteiger partial charge in [0, 0.05) is 25.1 Å². The molecule has 0 saturated carbocycles. The van der Waals surface area contributed by atoms with Crippen molar-refractivity contribution < 1.29 is 38.0 Å². The number of H-pyrrole nitrogens is 1. The third-order valence-corrected chi connectivity index (χ3v) is 8.96. The maximum absolute atomic E-state index is 12.7. The van der Waals surface area contributed by atoms with E-state index in [1.165, 1.54) is 17.7 Å². The molecule has 2 aliphatic heterocycles. The predicted molar refractivity (Wildman–Crippen MR) is 185 cm³/mol. The van der Waals surface area contributed by atoms with E-state index in [4.69, 9.17) is 33.2 Å². The van der Waals surface area contributed by atoms with Gasteiger partial charge in [0.25, 0.3) is 5.56 Å². The number of carbonyl (C=O) groups is 1. The fourth-order valence-electron chi connectivity index (χ4n) is 6.35. The highest BCUT2D eigenvalue weighted by atomic mass is 16.7. The van der Waals surface area contributed by atoms with Crippen molar-refractivity contribution in [2.45, 2.75) is 96.2 Å². The van der Waals surface area contributed by atoms with E-state index in [1.807, 2.05) is 97.9 Å². The molecule has 3 heterocycles. The Labute approximate surface area is 296 Å². The van der Waals surface area contributed by atoms with Crippen molar-refractivity contribution >= 4 is 5.97 Å².